The molecule has 0 aromatic rings. The van der Waals surface area contributed by atoms with Gasteiger partial charge in [0.1, 0.15) is 5.41 Å². The number of urea groups is 1. The Kier molecular flexibility index (Phi) is 6.26. The molecule has 1 heterocycles. The van der Waals surface area contributed by atoms with Crippen molar-refractivity contribution in [3.05, 3.63) is 0 Å². The molecule has 20 heavy (non-hydrogen) atoms. The molecule has 6 heteroatoms. The molecule has 3 N–H and O–H groups in total. The topological polar surface area (TPSA) is 87.7 Å². The SMILES string of the molecule is CCCCCC(C)NC(=O)NC1COCC1(C)C(=O)O. The van der Waals surface area contributed by atoms with Crippen LogP contribution in [0.15, 0.2) is 0 Å². The Morgan fingerprint density at radius 2 is 2.15 bits per heavy atom. The molecule has 0 saturated carbocycles. The molecule has 1 rings (SSSR count). The molecule has 6 nitrogen and oxygen atoms in total. The van der Waals surface area contributed by atoms with Gasteiger partial charge in [-0.25, -0.2) is 4.79 Å². The van der Waals surface area contributed by atoms with E-state index in [0.717, 1.165) is 25.7 Å². The number of carboxylic acid groups (broad SMARTS) is 1. The minimum Gasteiger partial charge on any atom is -0.481 e. The first kappa shape index (κ1) is 16.8. The van der Waals surface area contributed by atoms with Gasteiger partial charge in [0.05, 0.1) is 19.3 Å². The van der Waals surface area contributed by atoms with E-state index < -0.39 is 17.4 Å². The zero-order valence-corrected chi connectivity index (χ0v) is 12.6. The average molecular weight is 286 g/mol. The number of carboxylic acids is 1. The Morgan fingerprint density at radius 3 is 2.75 bits per heavy atom. The van der Waals surface area contributed by atoms with Crippen molar-refractivity contribution in [2.24, 2.45) is 5.41 Å². The van der Waals surface area contributed by atoms with Crippen LogP contribution in [0.3, 0.4) is 0 Å². The zero-order chi connectivity index (χ0) is 15.2. The van der Waals surface area contributed by atoms with Crippen molar-refractivity contribution in [2.75, 3.05) is 13.2 Å². The molecule has 3 atom stereocenters. The van der Waals surface area contributed by atoms with Crippen LogP contribution >= 0.6 is 0 Å². The number of carbonyl (C=O) groups is 2. The Labute approximate surface area is 120 Å². The number of rotatable bonds is 7. The summed E-state index contributed by atoms with van der Waals surface area (Å²) in [4.78, 5) is 23.1. The predicted molar refractivity (Wildman–Crippen MR) is 75.6 cm³/mol. The third-order valence-electron chi connectivity index (χ3n) is 3.87. The third-order valence-corrected chi connectivity index (χ3v) is 3.87. The van der Waals surface area contributed by atoms with Crippen LogP contribution in [0, 0.1) is 5.41 Å². The molecular formula is C14H26N2O4. The summed E-state index contributed by atoms with van der Waals surface area (Å²) in [6.07, 6.45) is 4.31. The standard InChI is InChI=1S/C14H26N2O4/c1-4-5-6-7-10(2)15-13(19)16-11-8-20-9-14(11,3)12(17)18/h10-11H,4-9H2,1-3H3,(H,17,18)(H2,15,16,19). The van der Waals surface area contributed by atoms with Crippen molar-refractivity contribution in [3.63, 3.8) is 0 Å². The number of aliphatic carboxylic acids is 1. The predicted octanol–water partition coefficient (Wildman–Crippen LogP) is 1.74. The van der Waals surface area contributed by atoms with Gasteiger partial charge in [0.2, 0.25) is 0 Å². The summed E-state index contributed by atoms with van der Waals surface area (Å²) in [5, 5.41) is 14.8. The van der Waals surface area contributed by atoms with E-state index in [1.54, 1.807) is 6.92 Å². The maximum Gasteiger partial charge on any atom is 0.315 e. The van der Waals surface area contributed by atoms with Crippen molar-refractivity contribution < 1.29 is 19.4 Å². The van der Waals surface area contributed by atoms with Gasteiger partial charge in [-0.3, -0.25) is 4.79 Å². The first-order valence-electron chi connectivity index (χ1n) is 7.28. The van der Waals surface area contributed by atoms with Crippen molar-refractivity contribution in [1.29, 1.82) is 0 Å². The van der Waals surface area contributed by atoms with Gasteiger partial charge < -0.3 is 20.5 Å². The van der Waals surface area contributed by atoms with E-state index in [9.17, 15) is 14.7 Å². The molecule has 0 aromatic heterocycles. The van der Waals surface area contributed by atoms with Gasteiger partial charge in [0.15, 0.2) is 0 Å². The molecule has 1 fully saturated rings. The van der Waals surface area contributed by atoms with E-state index in [2.05, 4.69) is 17.6 Å². The molecule has 0 aliphatic carbocycles. The largest absolute Gasteiger partial charge is 0.481 e. The lowest BCUT2D eigenvalue weighted by Crippen LogP contribution is -2.53. The minimum absolute atomic E-state index is 0.0833. The van der Waals surface area contributed by atoms with Crippen LogP contribution in [0.4, 0.5) is 4.79 Å². The van der Waals surface area contributed by atoms with E-state index >= 15 is 0 Å². The fraction of sp³-hybridized carbons (Fsp3) is 0.857. The van der Waals surface area contributed by atoms with Gasteiger partial charge in [-0.1, -0.05) is 26.2 Å². The summed E-state index contributed by atoms with van der Waals surface area (Å²) in [5.74, 6) is -0.948. The number of amides is 2. The molecule has 0 aromatic carbocycles. The molecule has 2 amide bonds. The molecule has 1 aliphatic heterocycles. The Hall–Kier alpha value is -1.30. The first-order chi connectivity index (χ1) is 9.40. The molecule has 3 unspecified atom stereocenters. The van der Waals surface area contributed by atoms with E-state index in [4.69, 9.17) is 4.74 Å². The van der Waals surface area contributed by atoms with Crippen LogP contribution in [0.1, 0.15) is 46.5 Å². The fourth-order valence-corrected chi connectivity index (χ4v) is 2.28. The van der Waals surface area contributed by atoms with Crippen LogP contribution in [0.25, 0.3) is 0 Å². The van der Waals surface area contributed by atoms with Crippen LogP contribution in [0.5, 0.6) is 0 Å². The van der Waals surface area contributed by atoms with Gasteiger partial charge in [-0.05, 0) is 20.3 Å². The highest BCUT2D eigenvalue weighted by Crippen LogP contribution is 2.28. The lowest BCUT2D eigenvalue weighted by molar-refractivity contribution is -0.148. The van der Waals surface area contributed by atoms with Gasteiger partial charge >= 0.3 is 12.0 Å². The van der Waals surface area contributed by atoms with Gasteiger partial charge in [0.25, 0.3) is 0 Å². The molecule has 0 spiro atoms. The van der Waals surface area contributed by atoms with Crippen molar-refractivity contribution in [2.45, 2.75) is 58.5 Å². The molecule has 0 radical (unpaired) electrons. The van der Waals surface area contributed by atoms with Crippen molar-refractivity contribution >= 4 is 12.0 Å². The van der Waals surface area contributed by atoms with Crippen LogP contribution in [0.2, 0.25) is 0 Å². The highest BCUT2D eigenvalue weighted by atomic mass is 16.5. The van der Waals surface area contributed by atoms with Crippen LogP contribution in [-0.2, 0) is 9.53 Å². The Bertz CT molecular complexity index is 348. The summed E-state index contributed by atoms with van der Waals surface area (Å²) >= 11 is 0. The maximum atomic E-state index is 11.9. The minimum atomic E-state index is -1.05. The number of hydrogen-bond donors (Lipinski definition) is 3. The molecule has 1 aliphatic rings. The molecule has 1 saturated heterocycles. The van der Waals surface area contributed by atoms with Crippen LogP contribution < -0.4 is 10.6 Å². The molecular weight excluding hydrogens is 260 g/mol. The van der Waals surface area contributed by atoms with Crippen molar-refractivity contribution in [1.82, 2.24) is 10.6 Å². The summed E-state index contributed by atoms with van der Waals surface area (Å²) in [5.41, 5.74) is -1.05. The summed E-state index contributed by atoms with van der Waals surface area (Å²) in [6, 6.07) is -0.736. The van der Waals surface area contributed by atoms with Crippen LogP contribution in [-0.4, -0.2) is 42.4 Å². The number of ether oxygens (including phenoxy) is 1. The number of hydrogen-bond acceptors (Lipinski definition) is 3. The second-order valence-electron chi connectivity index (χ2n) is 5.80. The zero-order valence-electron chi connectivity index (χ0n) is 12.6. The number of nitrogens with one attached hydrogen (secondary N) is 2. The Balaban J connectivity index is 2.40. The molecule has 116 valence electrons. The van der Waals surface area contributed by atoms with E-state index in [1.807, 2.05) is 6.92 Å². The Morgan fingerprint density at radius 1 is 1.45 bits per heavy atom. The van der Waals surface area contributed by atoms with E-state index in [0.29, 0.717) is 0 Å². The van der Waals surface area contributed by atoms with Gasteiger partial charge in [-0.2, -0.15) is 0 Å². The smallest absolute Gasteiger partial charge is 0.315 e. The van der Waals surface area contributed by atoms with Gasteiger partial charge in [-0.15, -0.1) is 0 Å². The number of unbranched alkanes of at least 4 members (excludes halogenated alkanes) is 2. The quantitative estimate of drug-likeness (QED) is 0.622. The highest BCUT2D eigenvalue weighted by molar-refractivity contribution is 5.79. The summed E-state index contributed by atoms with van der Waals surface area (Å²) in [7, 11) is 0. The second-order valence-corrected chi connectivity index (χ2v) is 5.80. The first-order valence-corrected chi connectivity index (χ1v) is 7.28. The van der Waals surface area contributed by atoms with E-state index in [-0.39, 0.29) is 25.3 Å². The van der Waals surface area contributed by atoms with E-state index in [1.165, 1.54) is 0 Å². The monoisotopic (exact) mass is 286 g/mol. The molecule has 0 bridgehead atoms. The average Bonchev–Trinajstić information content (AvgIpc) is 2.72. The second kappa shape index (κ2) is 7.47. The normalized spacial score (nSPS) is 27.1. The van der Waals surface area contributed by atoms with Gasteiger partial charge in [0, 0.05) is 6.04 Å². The highest BCUT2D eigenvalue weighted by Gasteiger charge is 2.47. The lowest BCUT2D eigenvalue weighted by atomic mass is 9.85. The third kappa shape index (κ3) is 4.37. The van der Waals surface area contributed by atoms with Crippen molar-refractivity contribution in [3.8, 4) is 0 Å². The lowest BCUT2D eigenvalue weighted by Gasteiger charge is -2.26. The maximum absolute atomic E-state index is 11.9. The summed E-state index contributed by atoms with van der Waals surface area (Å²) < 4.78 is 5.20. The number of carbonyl (C=O) groups excluding carboxylic acids is 1. The fourth-order valence-electron chi connectivity index (χ4n) is 2.28. The summed E-state index contributed by atoms with van der Waals surface area (Å²) in [6.45, 7) is 6.05.